The third kappa shape index (κ3) is 3.30. The summed E-state index contributed by atoms with van der Waals surface area (Å²) in [5, 5.41) is 1.76. The van der Waals surface area contributed by atoms with E-state index in [-0.39, 0.29) is 5.01 Å². The Kier molecular flexibility index (Phi) is 3.19. The standard InChI is InChI=1S/C12H10F3NS/c1-8-2-4-9(5-3-8)10-7-17-11(16-10)6-12(13,14)15/h2-5,7H,6H2,1H3. The minimum absolute atomic E-state index is 0.105. The van der Waals surface area contributed by atoms with Gasteiger partial charge in [0.15, 0.2) is 0 Å². The van der Waals surface area contributed by atoms with Gasteiger partial charge in [-0.1, -0.05) is 29.8 Å². The number of alkyl halides is 3. The van der Waals surface area contributed by atoms with Gasteiger partial charge in [-0.2, -0.15) is 13.2 Å². The Morgan fingerprint density at radius 3 is 2.41 bits per heavy atom. The Morgan fingerprint density at radius 1 is 1.18 bits per heavy atom. The Morgan fingerprint density at radius 2 is 1.82 bits per heavy atom. The second-order valence-corrected chi connectivity index (χ2v) is 4.73. The quantitative estimate of drug-likeness (QED) is 0.784. The van der Waals surface area contributed by atoms with E-state index in [4.69, 9.17) is 0 Å². The normalized spacial score (nSPS) is 11.8. The summed E-state index contributed by atoms with van der Waals surface area (Å²) in [6.45, 7) is 1.96. The van der Waals surface area contributed by atoms with E-state index >= 15 is 0 Å². The van der Waals surface area contributed by atoms with Crippen molar-refractivity contribution in [1.82, 2.24) is 4.98 Å². The number of halogens is 3. The highest BCUT2D eigenvalue weighted by Gasteiger charge is 2.29. The molecule has 0 spiro atoms. The van der Waals surface area contributed by atoms with E-state index in [0.29, 0.717) is 5.69 Å². The first-order chi connectivity index (χ1) is 7.94. The molecular weight excluding hydrogens is 247 g/mol. The summed E-state index contributed by atoms with van der Waals surface area (Å²) in [7, 11) is 0. The van der Waals surface area contributed by atoms with Crippen molar-refractivity contribution in [2.75, 3.05) is 0 Å². The SMILES string of the molecule is Cc1ccc(-c2csc(CC(F)(F)F)n2)cc1. The molecule has 90 valence electrons. The molecule has 0 atom stereocenters. The van der Waals surface area contributed by atoms with Gasteiger partial charge in [-0.15, -0.1) is 11.3 Å². The van der Waals surface area contributed by atoms with Crippen LogP contribution in [0.5, 0.6) is 0 Å². The molecule has 0 saturated heterocycles. The number of benzene rings is 1. The fraction of sp³-hybridized carbons (Fsp3) is 0.250. The molecule has 0 unspecified atom stereocenters. The fourth-order valence-corrected chi connectivity index (χ4v) is 2.25. The number of thiazole rings is 1. The van der Waals surface area contributed by atoms with Crippen molar-refractivity contribution in [2.24, 2.45) is 0 Å². The zero-order valence-electron chi connectivity index (χ0n) is 9.08. The van der Waals surface area contributed by atoms with E-state index in [1.807, 2.05) is 31.2 Å². The van der Waals surface area contributed by atoms with E-state index in [1.54, 1.807) is 5.38 Å². The predicted molar refractivity (Wildman–Crippen MR) is 62.0 cm³/mol. The molecule has 1 aromatic heterocycles. The van der Waals surface area contributed by atoms with Crippen LogP contribution < -0.4 is 0 Å². The topological polar surface area (TPSA) is 12.9 Å². The van der Waals surface area contributed by atoms with Gasteiger partial charge >= 0.3 is 6.18 Å². The second kappa shape index (κ2) is 4.49. The molecule has 17 heavy (non-hydrogen) atoms. The molecule has 0 radical (unpaired) electrons. The maximum absolute atomic E-state index is 12.2. The van der Waals surface area contributed by atoms with Gasteiger partial charge in [-0.3, -0.25) is 0 Å². The number of hydrogen-bond donors (Lipinski definition) is 0. The zero-order valence-corrected chi connectivity index (χ0v) is 9.90. The predicted octanol–water partition coefficient (Wildman–Crippen LogP) is 4.22. The minimum Gasteiger partial charge on any atom is -0.241 e. The van der Waals surface area contributed by atoms with Crippen LogP contribution in [0, 0.1) is 6.92 Å². The number of aryl methyl sites for hydroxylation is 1. The third-order valence-electron chi connectivity index (χ3n) is 2.25. The van der Waals surface area contributed by atoms with Crippen LogP contribution in [0.3, 0.4) is 0 Å². The highest BCUT2D eigenvalue weighted by molar-refractivity contribution is 7.09. The molecule has 2 rings (SSSR count). The van der Waals surface area contributed by atoms with E-state index in [9.17, 15) is 13.2 Å². The summed E-state index contributed by atoms with van der Waals surface area (Å²) in [5.41, 5.74) is 2.56. The Bertz CT molecular complexity index is 499. The van der Waals surface area contributed by atoms with Crippen molar-refractivity contribution >= 4 is 11.3 Å². The first-order valence-corrected chi connectivity index (χ1v) is 5.90. The van der Waals surface area contributed by atoms with Crippen molar-refractivity contribution in [2.45, 2.75) is 19.5 Å². The van der Waals surface area contributed by atoms with Crippen molar-refractivity contribution in [3.8, 4) is 11.3 Å². The van der Waals surface area contributed by atoms with E-state index < -0.39 is 12.6 Å². The van der Waals surface area contributed by atoms with Gasteiger partial charge in [0.1, 0.15) is 5.01 Å². The van der Waals surface area contributed by atoms with Crippen molar-refractivity contribution in [3.05, 3.63) is 40.2 Å². The van der Waals surface area contributed by atoms with Gasteiger partial charge in [-0.05, 0) is 6.92 Å². The average molecular weight is 257 g/mol. The largest absolute Gasteiger partial charge is 0.395 e. The lowest BCUT2D eigenvalue weighted by Gasteiger charge is -2.01. The van der Waals surface area contributed by atoms with Crippen LogP contribution in [0.1, 0.15) is 10.6 Å². The molecule has 0 N–H and O–H groups in total. The smallest absolute Gasteiger partial charge is 0.241 e. The average Bonchev–Trinajstić information content (AvgIpc) is 2.64. The summed E-state index contributed by atoms with van der Waals surface area (Å²) in [6.07, 6.45) is -5.15. The molecule has 0 amide bonds. The maximum atomic E-state index is 12.2. The molecule has 0 aliphatic heterocycles. The van der Waals surface area contributed by atoms with Crippen molar-refractivity contribution < 1.29 is 13.2 Å². The summed E-state index contributed by atoms with van der Waals surface area (Å²) < 4.78 is 36.5. The molecule has 1 heterocycles. The first kappa shape index (κ1) is 12.1. The summed E-state index contributed by atoms with van der Waals surface area (Å²) in [5.74, 6) is 0. The molecule has 5 heteroatoms. The van der Waals surface area contributed by atoms with Crippen LogP contribution >= 0.6 is 11.3 Å². The molecule has 0 fully saturated rings. The summed E-state index contributed by atoms with van der Waals surface area (Å²) in [4.78, 5) is 3.99. The fourth-order valence-electron chi connectivity index (χ4n) is 1.42. The first-order valence-electron chi connectivity index (χ1n) is 5.02. The van der Waals surface area contributed by atoms with E-state index in [2.05, 4.69) is 4.98 Å². The van der Waals surface area contributed by atoms with Crippen molar-refractivity contribution in [3.63, 3.8) is 0 Å². The van der Waals surface area contributed by atoms with Crippen LogP contribution in [-0.2, 0) is 6.42 Å². The molecule has 0 aliphatic carbocycles. The van der Waals surface area contributed by atoms with Gasteiger partial charge in [-0.25, -0.2) is 4.98 Å². The van der Waals surface area contributed by atoms with Gasteiger partial charge < -0.3 is 0 Å². The molecule has 2 aromatic rings. The molecule has 0 bridgehead atoms. The zero-order chi connectivity index (χ0) is 12.5. The number of hydrogen-bond acceptors (Lipinski definition) is 2. The molecule has 1 nitrogen and oxygen atoms in total. The van der Waals surface area contributed by atoms with Crippen LogP contribution in [-0.4, -0.2) is 11.2 Å². The minimum atomic E-state index is -4.19. The van der Waals surface area contributed by atoms with Gasteiger partial charge in [0, 0.05) is 10.9 Å². The third-order valence-corrected chi connectivity index (χ3v) is 3.10. The van der Waals surface area contributed by atoms with E-state index in [1.165, 1.54) is 0 Å². The molecule has 0 saturated carbocycles. The lowest BCUT2D eigenvalue weighted by atomic mass is 10.1. The Labute approximate surface area is 101 Å². The highest BCUT2D eigenvalue weighted by Crippen LogP contribution is 2.27. The van der Waals surface area contributed by atoms with Gasteiger partial charge in [0.2, 0.25) is 0 Å². The lowest BCUT2D eigenvalue weighted by molar-refractivity contribution is -0.127. The molecule has 0 aliphatic rings. The van der Waals surface area contributed by atoms with Crippen LogP contribution in [0.2, 0.25) is 0 Å². The summed E-state index contributed by atoms with van der Waals surface area (Å²) in [6, 6.07) is 7.56. The number of rotatable bonds is 2. The van der Waals surface area contributed by atoms with Crippen LogP contribution in [0.4, 0.5) is 13.2 Å². The van der Waals surface area contributed by atoms with Gasteiger partial charge in [0.05, 0.1) is 12.1 Å². The van der Waals surface area contributed by atoms with Crippen LogP contribution in [0.15, 0.2) is 29.6 Å². The second-order valence-electron chi connectivity index (χ2n) is 3.78. The molecule has 1 aromatic carbocycles. The lowest BCUT2D eigenvalue weighted by Crippen LogP contribution is -2.11. The Balaban J connectivity index is 2.21. The summed E-state index contributed by atoms with van der Waals surface area (Å²) >= 11 is 1.04. The number of aromatic nitrogens is 1. The number of nitrogens with zero attached hydrogens (tertiary/aromatic N) is 1. The van der Waals surface area contributed by atoms with Gasteiger partial charge in [0.25, 0.3) is 0 Å². The van der Waals surface area contributed by atoms with E-state index in [0.717, 1.165) is 22.5 Å². The highest BCUT2D eigenvalue weighted by atomic mass is 32.1. The van der Waals surface area contributed by atoms with Crippen molar-refractivity contribution in [1.29, 1.82) is 0 Å². The monoisotopic (exact) mass is 257 g/mol. The maximum Gasteiger partial charge on any atom is 0.395 e. The van der Waals surface area contributed by atoms with Crippen LogP contribution in [0.25, 0.3) is 11.3 Å². The molecular formula is C12H10F3NS. The Hall–Kier alpha value is -1.36.